The topological polar surface area (TPSA) is 69.4 Å². The lowest BCUT2D eigenvalue weighted by atomic mass is 10.1. The largest absolute Gasteiger partial charge is 0.485 e. The second kappa shape index (κ2) is 6.66. The summed E-state index contributed by atoms with van der Waals surface area (Å²) >= 11 is 2.16. The van der Waals surface area contributed by atoms with Gasteiger partial charge in [-0.15, -0.1) is 0 Å². The number of nitro groups is 1. The quantitative estimate of drug-likeness (QED) is 0.333. The van der Waals surface area contributed by atoms with Gasteiger partial charge in [-0.2, -0.15) is 0 Å². The molecule has 0 bridgehead atoms. The first-order valence-electron chi connectivity index (χ1n) is 6.14. The fourth-order valence-electron chi connectivity index (χ4n) is 1.82. The van der Waals surface area contributed by atoms with Gasteiger partial charge in [-0.3, -0.25) is 14.9 Å². The number of nitro benzene ring substituents is 1. The molecule has 6 heteroatoms. The lowest BCUT2D eigenvalue weighted by Gasteiger charge is -2.08. The van der Waals surface area contributed by atoms with Crippen LogP contribution in [0.25, 0.3) is 0 Å². The molecule has 108 valence electrons. The smallest absolute Gasteiger partial charge is 0.276 e. The van der Waals surface area contributed by atoms with Crippen LogP contribution in [0.4, 0.5) is 5.69 Å². The summed E-state index contributed by atoms with van der Waals surface area (Å²) in [7, 11) is 0. The van der Waals surface area contributed by atoms with E-state index in [0.29, 0.717) is 16.9 Å². The summed E-state index contributed by atoms with van der Waals surface area (Å²) in [4.78, 5) is 22.4. The standard InChI is InChI=1S/C15H12INO4/c1-10-13(17(19)20)3-2-4-15(10)21-9-14(18)11-5-7-12(16)8-6-11/h2-8H,9H2,1H3. The average Bonchev–Trinajstić information content (AvgIpc) is 2.46. The zero-order valence-electron chi connectivity index (χ0n) is 11.2. The number of hydrogen-bond acceptors (Lipinski definition) is 4. The molecule has 0 spiro atoms. The lowest BCUT2D eigenvalue weighted by Crippen LogP contribution is -2.12. The maximum atomic E-state index is 12.0. The van der Waals surface area contributed by atoms with Gasteiger partial charge in [-0.05, 0) is 47.7 Å². The zero-order chi connectivity index (χ0) is 15.4. The number of ketones is 1. The van der Waals surface area contributed by atoms with E-state index < -0.39 is 4.92 Å². The maximum Gasteiger partial charge on any atom is 0.276 e. The van der Waals surface area contributed by atoms with Crippen molar-refractivity contribution < 1.29 is 14.5 Å². The van der Waals surface area contributed by atoms with Crippen LogP contribution in [0.2, 0.25) is 0 Å². The number of halogens is 1. The lowest BCUT2D eigenvalue weighted by molar-refractivity contribution is -0.385. The Labute approximate surface area is 135 Å². The van der Waals surface area contributed by atoms with E-state index in [1.165, 1.54) is 12.1 Å². The van der Waals surface area contributed by atoms with E-state index in [1.54, 1.807) is 25.1 Å². The van der Waals surface area contributed by atoms with Crippen molar-refractivity contribution in [2.75, 3.05) is 6.61 Å². The van der Waals surface area contributed by atoms with Gasteiger partial charge in [0.25, 0.3) is 5.69 Å². The Morgan fingerprint density at radius 1 is 1.24 bits per heavy atom. The highest BCUT2D eigenvalue weighted by atomic mass is 127. The Balaban J connectivity index is 2.10. The molecule has 0 unspecified atom stereocenters. The monoisotopic (exact) mass is 397 g/mol. The number of hydrogen-bond donors (Lipinski definition) is 0. The number of Topliss-reactive ketones (excluding diaryl/α,β-unsaturated/α-hetero) is 1. The molecule has 5 nitrogen and oxygen atoms in total. The third-order valence-electron chi connectivity index (χ3n) is 2.98. The summed E-state index contributed by atoms with van der Waals surface area (Å²) < 4.78 is 6.46. The summed E-state index contributed by atoms with van der Waals surface area (Å²) in [6.07, 6.45) is 0. The number of carbonyl (C=O) groups excluding carboxylic acids is 1. The van der Waals surface area contributed by atoms with Gasteiger partial charge >= 0.3 is 0 Å². The average molecular weight is 397 g/mol. The third kappa shape index (κ3) is 3.78. The molecule has 0 N–H and O–H groups in total. The van der Waals surface area contributed by atoms with Crippen LogP contribution in [-0.2, 0) is 0 Å². The van der Waals surface area contributed by atoms with Crippen LogP contribution in [0.5, 0.6) is 5.75 Å². The molecule has 0 amide bonds. The van der Waals surface area contributed by atoms with Crippen molar-refractivity contribution in [2.24, 2.45) is 0 Å². The SMILES string of the molecule is Cc1c(OCC(=O)c2ccc(I)cc2)cccc1[N+](=O)[O-]. The predicted molar refractivity (Wildman–Crippen MR) is 86.8 cm³/mol. The number of rotatable bonds is 5. The molecule has 2 aromatic carbocycles. The highest BCUT2D eigenvalue weighted by molar-refractivity contribution is 14.1. The van der Waals surface area contributed by atoms with Crippen LogP contribution >= 0.6 is 22.6 Å². The normalized spacial score (nSPS) is 10.2. The molecule has 0 aliphatic heterocycles. The third-order valence-corrected chi connectivity index (χ3v) is 3.70. The Morgan fingerprint density at radius 3 is 2.52 bits per heavy atom. The summed E-state index contributed by atoms with van der Waals surface area (Å²) in [6, 6.07) is 11.7. The second-order valence-electron chi connectivity index (χ2n) is 4.38. The first-order chi connectivity index (χ1) is 9.99. The number of benzene rings is 2. The zero-order valence-corrected chi connectivity index (χ0v) is 13.4. The first kappa shape index (κ1) is 15.4. The van der Waals surface area contributed by atoms with Gasteiger partial charge < -0.3 is 4.74 Å². The number of ether oxygens (including phenoxy) is 1. The van der Waals surface area contributed by atoms with E-state index in [0.717, 1.165) is 3.57 Å². The Bertz CT molecular complexity index is 683. The minimum atomic E-state index is -0.469. The van der Waals surface area contributed by atoms with Gasteiger partial charge in [0.15, 0.2) is 12.4 Å². The Morgan fingerprint density at radius 2 is 1.90 bits per heavy atom. The highest BCUT2D eigenvalue weighted by Gasteiger charge is 2.15. The van der Waals surface area contributed by atoms with Gasteiger partial charge in [0.2, 0.25) is 0 Å². The minimum Gasteiger partial charge on any atom is -0.485 e. The van der Waals surface area contributed by atoms with Crippen LogP contribution in [0.3, 0.4) is 0 Å². The van der Waals surface area contributed by atoms with Crippen LogP contribution in [0.1, 0.15) is 15.9 Å². The van der Waals surface area contributed by atoms with Gasteiger partial charge in [0, 0.05) is 15.2 Å². The molecule has 0 atom stereocenters. The van der Waals surface area contributed by atoms with Crippen molar-refractivity contribution in [3.63, 3.8) is 0 Å². The number of nitrogens with zero attached hydrogens (tertiary/aromatic N) is 1. The van der Waals surface area contributed by atoms with Crippen molar-refractivity contribution in [1.29, 1.82) is 0 Å². The summed E-state index contributed by atoms with van der Waals surface area (Å²) in [5.74, 6) is 0.181. The van der Waals surface area contributed by atoms with Gasteiger partial charge in [-0.25, -0.2) is 0 Å². The molecule has 2 rings (SSSR count). The fraction of sp³-hybridized carbons (Fsp3) is 0.133. The molecule has 2 aromatic rings. The van der Waals surface area contributed by atoms with E-state index in [2.05, 4.69) is 22.6 Å². The van der Waals surface area contributed by atoms with Crippen molar-refractivity contribution in [3.05, 3.63) is 67.3 Å². The molecular weight excluding hydrogens is 385 g/mol. The van der Waals surface area contributed by atoms with Crippen LogP contribution in [0.15, 0.2) is 42.5 Å². The molecule has 0 saturated heterocycles. The van der Waals surface area contributed by atoms with Crippen molar-refractivity contribution in [2.45, 2.75) is 6.92 Å². The van der Waals surface area contributed by atoms with Crippen LogP contribution in [0, 0.1) is 20.6 Å². The van der Waals surface area contributed by atoms with Gasteiger partial charge in [-0.1, -0.05) is 18.2 Å². The molecular formula is C15H12INO4. The van der Waals surface area contributed by atoms with Crippen LogP contribution in [-0.4, -0.2) is 17.3 Å². The number of carbonyl (C=O) groups is 1. The van der Waals surface area contributed by atoms with Crippen LogP contribution < -0.4 is 4.74 Å². The van der Waals surface area contributed by atoms with Crippen molar-refractivity contribution in [1.82, 2.24) is 0 Å². The summed E-state index contributed by atoms with van der Waals surface area (Å²) in [6.45, 7) is 1.45. The molecule has 0 aliphatic carbocycles. The molecule has 0 aliphatic rings. The van der Waals surface area contributed by atoms with E-state index in [-0.39, 0.29) is 18.1 Å². The summed E-state index contributed by atoms with van der Waals surface area (Å²) in [5.41, 5.74) is 0.950. The molecule has 21 heavy (non-hydrogen) atoms. The molecule has 0 saturated carbocycles. The van der Waals surface area contributed by atoms with Gasteiger partial charge in [0.05, 0.1) is 10.5 Å². The Kier molecular flexibility index (Phi) is 4.89. The molecule has 0 aromatic heterocycles. The van der Waals surface area contributed by atoms with E-state index in [1.807, 2.05) is 12.1 Å². The van der Waals surface area contributed by atoms with Gasteiger partial charge in [0.1, 0.15) is 5.75 Å². The Hall–Kier alpha value is -1.96. The maximum absolute atomic E-state index is 12.0. The minimum absolute atomic E-state index is 0.0192. The summed E-state index contributed by atoms with van der Waals surface area (Å²) in [5, 5.41) is 10.8. The van der Waals surface area contributed by atoms with Crippen molar-refractivity contribution in [3.8, 4) is 5.75 Å². The van der Waals surface area contributed by atoms with E-state index >= 15 is 0 Å². The van der Waals surface area contributed by atoms with E-state index in [9.17, 15) is 14.9 Å². The molecule has 0 radical (unpaired) electrons. The fourth-order valence-corrected chi connectivity index (χ4v) is 2.18. The highest BCUT2D eigenvalue weighted by Crippen LogP contribution is 2.27. The predicted octanol–water partition coefficient (Wildman–Crippen LogP) is 3.77. The second-order valence-corrected chi connectivity index (χ2v) is 5.62. The first-order valence-corrected chi connectivity index (χ1v) is 7.22. The van der Waals surface area contributed by atoms with Crippen molar-refractivity contribution >= 4 is 34.1 Å². The van der Waals surface area contributed by atoms with E-state index in [4.69, 9.17) is 4.74 Å². The molecule has 0 fully saturated rings. The molecule has 0 heterocycles.